The van der Waals surface area contributed by atoms with Gasteiger partial charge < -0.3 is 5.11 Å². The number of allylic oxidation sites excluding steroid dienone is 1. The summed E-state index contributed by atoms with van der Waals surface area (Å²) >= 11 is 0. The molecule has 0 spiro atoms. The summed E-state index contributed by atoms with van der Waals surface area (Å²) in [6, 6.07) is 5.60. The SMILES string of the molecule is Cc1ccc(NS(=O)(=O)C(C)(C)C)c(C/C=C/CO)c1. The monoisotopic (exact) mass is 297 g/mol. The summed E-state index contributed by atoms with van der Waals surface area (Å²) in [6.45, 7) is 6.93. The smallest absolute Gasteiger partial charge is 0.237 e. The first kappa shape index (κ1) is 16.7. The van der Waals surface area contributed by atoms with Crippen molar-refractivity contribution in [3.8, 4) is 0 Å². The molecule has 2 N–H and O–H groups in total. The molecule has 0 aliphatic rings. The molecule has 0 fully saturated rings. The molecular weight excluding hydrogens is 274 g/mol. The minimum absolute atomic E-state index is 0.0190. The standard InChI is InChI=1S/C15H23NO3S/c1-12-8-9-14(13(11-12)7-5-6-10-17)16-20(18,19)15(2,3)4/h5-6,8-9,11,16-17H,7,10H2,1-4H3/b6-5+. The number of aliphatic hydroxyl groups is 1. The van der Waals surface area contributed by atoms with Crippen LogP contribution in [0, 0.1) is 6.92 Å². The Morgan fingerprint density at radius 3 is 2.45 bits per heavy atom. The van der Waals surface area contributed by atoms with Crippen LogP contribution in [0.3, 0.4) is 0 Å². The third kappa shape index (κ3) is 4.35. The second-order valence-electron chi connectivity index (χ2n) is 5.74. The molecule has 0 amide bonds. The van der Waals surface area contributed by atoms with Crippen LogP contribution in [-0.4, -0.2) is 24.9 Å². The van der Waals surface area contributed by atoms with Crippen molar-refractivity contribution in [2.45, 2.75) is 38.9 Å². The van der Waals surface area contributed by atoms with E-state index in [0.717, 1.165) is 11.1 Å². The first-order valence-electron chi connectivity index (χ1n) is 6.55. The maximum absolute atomic E-state index is 12.2. The molecule has 1 aromatic rings. The fourth-order valence-electron chi connectivity index (χ4n) is 1.57. The zero-order valence-corrected chi connectivity index (χ0v) is 13.3. The molecule has 5 heteroatoms. The van der Waals surface area contributed by atoms with E-state index in [1.165, 1.54) is 0 Å². The summed E-state index contributed by atoms with van der Waals surface area (Å²) in [6.07, 6.45) is 4.04. The lowest BCUT2D eigenvalue weighted by Gasteiger charge is -2.22. The first-order valence-corrected chi connectivity index (χ1v) is 8.03. The number of aryl methyl sites for hydroxylation is 1. The number of hydrogen-bond donors (Lipinski definition) is 2. The number of aliphatic hydroxyl groups excluding tert-OH is 1. The molecule has 0 radical (unpaired) electrons. The van der Waals surface area contributed by atoms with Crippen molar-refractivity contribution in [1.29, 1.82) is 0 Å². The molecule has 1 aromatic carbocycles. The lowest BCUT2D eigenvalue weighted by molar-refractivity contribution is 0.342. The van der Waals surface area contributed by atoms with Gasteiger partial charge in [0, 0.05) is 0 Å². The summed E-state index contributed by atoms with van der Waals surface area (Å²) in [5.41, 5.74) is 2.55. The van der Waals surface area contributed by atoms with Crippen LogP contribution in [-0.2, 0) is 16.4 Å². The molecule has 1 rings (SSSR count). The Morgan fingerprint density at radius 1 is 1.25 bits per heavy atom. The highest BCUT2D eigenvalue weighted by molar-refractivity contribution is 7.94. The Hall–Kier alpha value is -1.33. The number of hydrogen-bond acceptors (Lipinski definition) is 3. The summed E-state index contributed by atoms with van der Waals surface area (Å²) in [5.74, 6) is 0. The van der Waals surface area contributed by atoms with E-state index in [0.29, 0.717) is 12.1 Å². The van der Waals surface area contributed by atoms with E-state index in [9.17, 15) is 8.42 Å². The van der Waals surface area contributed by atoms with Crippen molar-refractivity contribution in [3.63, 3.8) is 0 Å². The zero-order valence-electron chi connectivity index (χ0n) is 12.5. The lowest BCUT2D eigenvalue weighted by Crippen LogP contribution is -2.34. The van der Waals surface area contributed by atoms with Crippen LogP contribution in [0.15, 0.2) is 30.4 Å². The number of nitrogens with one attached hydrogen (secondary N) is 1. The topological polar surface area (TPSA) is 66.4 Å². The van der Waals surface area contributed by atoms with Gasteiger partial charge >= 0.3 is 0 Å². The number of sulfonamides is 1. The van der Waals surface area contributed by atoms with Gasteiger partial charge in [0.1, 0.15) is 0 Å². The number of benzene rings is 1. The van der Waals surface area contributed by atoms with Gasteiger partial charge in [-0.15, -0.1) is 0 Å². The van der Waals surface area contributed by atoms with E-state index in [1.54, 1.807) is 32.9 Å². The molecule has 0 saturated carbocycles. The minimum atomic E-state index is -3.44. The second kappa shape index (κ2) is 6.41. The van der Waals surface area contributed by atoms with Gasteiger partial charge in [-0.25, -0.2) is 8.42 Å². The summed E-state index contributed by atoms with van der Waals surface area (Å²) < 4.78 is 26.2. The maximum Gasteiger partial charge on any atom is 0.237 e. The average molecular weight is 297 g/mol. The molecule has 0 atom stereocenters. The van der Waals surface area contributed by atoms with E-state index in [4.69, 9.17) is 5.11 Å². The van der Waals surface area contributed by atoms with Crippen molar-refractivity contribution < 1.29 is 13.5 Å². The second-order valence-corrected chi connectivity index (χ2v) is 8.17. The lowest BCUT2D eigenvalue weighted by atomic mass is 10.1. The fraction of sp³-hybridized carbons (Fsp3) is 0.467. The van der Waals surface area contributed by atoms with E-state index in [2.05, 4.69) is 4.72 Å². The van der Waals surface area contributed by atoms with Gasteiger partial charge in [-0.05, 0) is 45.7 Å². The Labute approximate surface area is 121 Å². The van der Waals surface area contributed by atoms with Gasteiger partial charge in [-0.1, -0.05) is 29.8 Å². The highest BCUT2D eigenvalue weighted by atomic mass is 32.2. The summed E-state index contributed by atoms with van der Waals surface area (Å²) in [5, 5.41) is 8.76. The van der Waals surface area contributed by atoms with Crippen molar-refractivity contribution in [2.24, 2.45) is 0 Å². The predicted molar refractivity (Wildman–Crippen MR) is 83.4 cm³/mol. The van der Waals surface area contributed by atoms with Gasteiger partial charge in [0.15, 0.2) is 0 Å². The van der Waals surface area contributed by atoms with Crippen LogP contribution < -0.4 is 4.72 Å². The summed E-state index contributed by atoms with van der Waals surface area (Å²) in [4.78, 5) is 0. The third-order valence-corrected chi connectivity index (χ3v) is 5.02. The van der Waals surface area contributed by atoms with E-state index >= 15 is 0 Å². The average Bonchev–Trinajstić information content (AvgIpc) is 2.31. The zero-order chi connectivity index (χ0) is 15.4. The molecule has 0 aliphatic heterocycles. The third-order valence-electron chi connectivity index (χ3n) is 2.92. The van der Waals surface area contributed by atoms with Crippen LogP contribution in [0.5, 0.6) is 0 Å². The molecule has 4 nitrogen and oxygen atoms in total. The molecule has 0 saturated heterocycles. The number of rotatable bonds is 5. The summed E-state index contributed by atoms with van der Waals surface area (Å²) in [7, 11) is -3.44. The molecule has 112 valence electrons. The van der Waals surface area contributed by atoms with Crippen molar-refractivity contribution in [1.82, 2.24) is 0 Å². The van der Waals surface area contributed by atoms with Crippen LogP contribution >= 0.6 is 0 Å². The van der Waals surface area contributed by atoms with Crippen LogP contribution in [0.4, 0.5) is 5.69 Å². The van der Waals surface area contributed by atoms with Crippen molar-refractivity contribution >= 4 is 15.7 Å². The maximum atomic E-state index is 12.2. The van der Waals surface area contributed by atoms with Crippen LogP contribution in [0.2, 0.25) is 0 Å². The predicted octanol–water partition coefficient (Wildman–Crippen LogP) is 2.63. The van der Waals surface area contributed by atoms with Gasteiger partial charge in [-0.2, -0.15) is 0 Å². The molecule has 20 heavy (non-hydrogen) atoms. The molecule has 0 aromatic heterocycles. The van der Waals surface area contributed by atoms with E-state index in [1.807, 2.05) is 25.1 Å². The largest absolute Gasteiger partial charge is 0.392 e. The quantitative estimate of drug-likeness (QED) is 0.821. The highest BCUT2D eigenvalue weighted by Crippen LogP contribution is 2.24. The van der Waals surface area contributed by atoms with Gasteiger partial charge in [0.05, 0.1) is 17.0 Å². The highest BCUT2D eigenvalue weighted by Gasteiger charge is 2.29. The molecule has 0 unspecified atom stereocenters. The first-order chi connectivity index (χ1) is 9.17. The molecule has 0 aliphatic carbocycles. The van der Waals surface area contributed by atoms with Crippen LogP contribution in [0.25, 0.3) is 0 Å². The Kier molecular flexibility index (Phi) is 5.36. The van der Waals surface area contributed by atoms with Crippen LogP contribution in [0.1, 0.15) is 31.9 Å². The number of anilines is 1. The van der Waals surface area contributed by atoms with E-state index < -0.39 is 14.8 Å². The van der Waals surface area contributed by atoms with E-state index in [-0.39, 0.29) is 6.61 Å². The Morgan fingerprint density at radius 2 is 1.90 bits per heavy atom. The molecule has 0 bridgehead atoms. The van der Waals surface area contributed by atoms with Gasteiger partial charge in [-0.3, -0.25) is 4.72 Å². The Bertz CT molecular complexity index is 584. The molecule has 0 heterocycles. The van der Waals surface area contributed by atoms with Gasteiger partial charge in [0.25, 0.3) is 0 Å². The normalized spacial score (nSPS) is 12.8. The fourth-order valence-corrected chi connectivity index (χ4v) is 2.37. The van der Waals surface area contributed by atoms with Gasteiger partial charge in [0.2, 0.25) is 10.0 Å². The minimum Gasteiger partial charge on any atom is -0.392 e. The van der Waals surface area contributed by atoms with Crippen molar-refractivity contribution in [3.05, 3.63) is 41.5 Å². The van der Waals surface area contributed by atoms with Crippen molar-refractivity contribution in [2.75, 3.05) is 11.3 Å². The molecular formula is C15H23NO3S. The Balaban J connectivity index is 3.09.